The minimum atomic E-state index is -0.808. The first kappa shape index (κ1) is 16.8. The molecule has 0 bridgehead atoms. The summed E-state index contributed by atoms with van der Waals surface area (Å²) in [6, 6.07) is 7.63. The van der Waals surface area contributed by atoms with Gasteiger partial charge in [-0.05, 0) is 37.1 Å². The van der Waals surface area contributed by atoms with Crippen LogP contribution in [-0.4, -0.2) is 47.1 Å². The van der Waals surface area contributed by atoms with Gasteiger partial charge in [0.2, 0.25) is 5.91 Å². The molecule has 2 N–H and O–H groups in total. The first-order chi connectivity index (χ1) is 10.5. The zero-order valence-electron chi connectivity index (χ0n) is 12.6. The Morgan fingerprint density at radius 1 is 1.32 bits per heavy atom. The van der Waals surface area contributed by atoms with Gasteiger partial charge in [-0.3, -0.25) is 14.5 Å². The highest BCUT2D eigenvalue weighted by Gasteiger charge is 2.34. The minimum Gasteiger partial charge on any atom is -0.480 e. The molecule has 0 radical (unpaired) electrons. The van der Waals surface area contributed by atoms with E-state index in [-0.39, 0.29) is 24.5 Å². The highest BCUT2D eigenvalue weighted by atomic mass is 35.5. The van der Waals surface area contributed by atoms with Crippen LogP contribution in [0.15, 0.2) is 24.3 Å². The van der Waals surface area contributed by atoms with Crippen molar-refractivity contribution in [1.29, 1.82) is 0 Å². The third-order valence-corrected chi connectivity index (χ3v) is 4.27. The maximum Gasteiger partial charge on any atom is 0.317 e. The van der Waals surface area contributed by atoms with E-state index in [4.69, 9.17) is 16.7 Å². The van der Waals surface area contributed by atoms with E-state index in [0.717, 1.165) is 18.4 Å². The maximum atomic E-state index is 12.0. The summed E-state index contributed by atoms with van der Waals surface area (Å²) < 4.78 is 0. The summed E-state index contributed by atoms with van der Waals surface area (Å²) in [5.41, 5.74) is 0.929. The van der Waals surface area contributed by atoms with E-state index in [1.807, 2.05) is 24.0 Å². The average Bonchev–Trinajstić information content (AvgIpc) is 2.42. The smallest absolute Gasteiger partial charge is 0.317 e. The number of carbonyl (C=O) groups is 2. The number of benzene rings is 1. The fourth-order valence-electron chi connectivity index (χ4n) is 2.74. The average molecular weight is 325 g/mol. The number of aliphatic carboxylic acids is 1. The van der Waals surface area contributed by atoms with Crippen molar-refractivity contribution in [1.82, 2.24) is 10.2 Å². The molecule has 0 aliphatic heterocycles. The molecule has 1 aliphatic carbocycles. The lowest BCUT2D eigenvalue weighted by molar-refractivity contribution is -0.139. The standard InChI is InChI=1S/C16H21ClN2O3/c1-2-19(10-16(21)22)14-8-13(9-14)18-15(20)7-11-3-5-12(17)6-4-11/h3-6,13-14H,2,7-10H2,1H3,(H,18,20)(H,21,22). The summed E-state index contributed by atoms with van der Waals surface area (Å²) >= 11 is 5.81. The van der Waals surface area contributed by atoms with Crippen molar-refractivity contribution in [2.75, 3.05) is 13.1 Å². The monoisotopic (exact) mass is 324 g/mol. The van der Waals surface area contributed by atoms with E-state index in [0.29, 0.717) is 18.0 Å². The van der Waals surface area contributed by atoms with Gasteiger partial charge in [-0.25, -0.2) is 0 Å². The molecule has 120 valence electrons. The van der Waals surface area contributed by atoms with E-state index < -0.39 is 5.97 Å². The van der Waals surface area contributed by atoms with Crippen LogP contribution in [0.3, 0.4) is 0 Å². The van der Waals surface area contributed by atoms with Crippen LogP contribution in [0.5, 0.6) is 0 Å². The van der Waals surface area contributed by atoms with Crippen molar-refractivity contribution in [3.8, 4) is 0 Å². The van der Waals surface area contributed by atoms with Crippen molar-refractivity contribution in [2.45, 2.75) is 38.3 Å². The predicted molar refractivity (Wildman–Crippen MR) is 85.0 cm³/mol. The SMILES string of the molecule is CCN(CC(=O)O)C1CC(NC(=O)Cc2ccc(Cl)cc2)C1. The largest absolute Gasteiger partial charge is 0.480 e. The Labute approximate surface area is 135 Å². The molecule has 0 unspecified atom stereocenters. The Hall–Kier alpha value is -1.59. The van der Waals surface area contributed by atoms with E-state index >= 15 is 0 Å². The summed E-state index contributed by atoms with van der Waals surface area (Å²) in [5, 5.41) is 12.5. The Morgan fingerprint density at radius 2 is 1.95 bits per heavy atom. The molecule has 5 nitrogen and oxygen atoms in total. The van der Waals surface area contributed by atoms with Crippen LogP contribution >= 0.6 is 11.6 Å². The van der Waals surface area contributed by atoms with Crippen LogP contribution in [0.2, 0.25) is 5.02 Å². The lowest BCUT2D eigenvalue weighted by atomic mass is 9.85. The number of nitrogens with zero attached hydrogens (tertiary/aromatic N) is 1. The van der Waals surface area contributed by atoms with E-state index in [2.05, 4.69) is 5.32 Å². The number of carboxylic acid groups (broad SMARTS) is 1. The fourth-order valence-corrected chi connectivity index (χ4v) is 2.87. The lowest BCUT2D eigenvalue weighted by Crippen LogP contribution is -2.55. The second-order valence-corrected chi connectivity index (χ2v) is 6.09. The lowest BCUT2D eigenvalue weighted by Gasteiger charge is -2.42. The van der Waals surface area contributed by atoms with Gasteiger partial charge in [0.05, 0.1) is 13.0 Å². The Balaban J connectivity index is 1.73. The number of carbonyl (C=O) groups excluding carboxylic acids is 1. The Kier molecular flexibility index (Phi) is 5.80. The number of hydrogen-bond donors (Lipinski definition) is 2. The number of amides is 1. The van der Waals surface area contributed by atoms with Crippen LogP contribution in [0.4, 0.5) is 0 Å². The van der Waals surface area contributed by atoms with E-state index in [1.165, 1.54) is 0 Å². The molecule has 0 heterocycles. The van der Waals surface area contributed by atoms with Gasteiger partial charge in [-0.15, -0.1) is 0 Å². The number of likely N-dealkylation sites (N-methyl/N-ethyl adjacent to an activating group) is 1. The number of hydrogen-bond acceptors (Lipinski definition) is 3. The topological polar surface area (TPSA) is 69.6 Å². The van der Waals surface area contributed by atoms with Crippen LogP contribution in [0.25, 0.3) is 0 Å². The highest BCUT2D eigenvalue weighted by molar-refractivity contribution is 6.30. The number of carboxylic acids is 1. The van der Waals surface area contributed by atoms with Crippen LogP contribution in [0.1, 0.15) is 25.3 Å². The van der Waals surface area contributed by atoms with Gasteiger partial charge in [0.15, 0.2) is 0 Å². The number of halogens is 1. The molecule has 6 heteroatoms. The summed E-state index contributed by atoms with van der Waals surface area (Å²) in [5.74, 6) is -0.816. The molecule has 0 atom stereocenters. The number of nitrogens with one attached hydrogen (secondary N) is 1. The normalized spacial score (nSPS) is 20.5. The molecule has 1 aromatic rings. The fraction of sp³-hybridized carbons (Fsp3) is 0.500. The zero-order valence-corrected chi connectivity index (χ0v) is 13.3. The molecular weight excluding hydrogens is 304 g/mol. The molecule has 1 amide bonds. The third-order valence-electron chi connectivity index (χ3n) is 4.02. The Morgan fingerprint density at radius 3 is 2.50 bits per heavy atom. The summed E-state index contributed by atoms with van der Waals surface area (Å²) in [7, 11) is 0. The van der Waals surface area contributed by atoms with E-state index in [9.17, 15) is 9.59 Å². The van der Waals surface area contributed by atoms with Crippen LogP contribution < -0.4 is 5.32 Å². The quantitative estimate of drug-likeness (QED) is 0.804. The molecule has 1 aliphatic rings. The van der Waals surface area contributed by atoms with Crippen molar-refractivity contribution in [3.05, 3.63) is 34.9 Å². The van der Waals surface area contributed by atoms with Gasteiger partial charge >= 0.3 is 5.97 Å². The summed E-state index contributed by atoms with van der Waals surface area (Å²) in [4.78, 5) is 24.7. The molecule has 2 rings (SSSR count). The van der Waals surface area contributed by atoms with Gasteiger partial charge in [0.1, 0.15) is 0 Å². The molecular formula is C16H21ClN2O3. The number of rotatable bonds is 7. The molecule has 0 spiro atoms. The molecule has 1 aromatic carbocycles. The molecule has 22 heavy (non-hydrogen) atoms. The van der Waals surface area contributed by atoms with Crippen molar-refractivity contribution in [3.63, 3.8) is 0 Å². The highest BCUT2D eigenvalue weighted by Crippen LogP contribution is 2.25. The molecule has 0 saturated heterocycles. The first-order valence-corrected chi connectivity index (χ1v) is 7.85. The summed E-state index contributed by atoms with van der Waals surface area (Å²) in [6.45, 7) is 2.73. The van der Waals surface area contributed by atoms with Crippen molar-refractivity contribution in [2.24, 2.45) is 0 Å². The van der Waals surface area contributed by atoms with Crippen LogP contribution in [0, 0.1) is 0 Å². The predicted octanol–water partition coefficient (Wildman–Crippen LogP) is 1.94. The van der Waals surface area contributed by atoms with Gasteiger partial charge < -0.3 is 10.4 Å². The van der Waals surface area contributed by atoms with Crippen LogP contribution in [-0.2, 0) is 16.0 Å². The second-order valence-electron chi connectivity index (χ2n) is 5.65. The van der Waals surface area contributed by atoms with Gasteiger partial charge in [-0.1, -0.05) is 30.7 Å². The van der Waals surface area contributed by atoms with Crippen molar-refractivity contribution < 1.29 is 14.7 Å². The minimum absolute atomic E-state index is 0.00736. The maximum absolute atomic E-state index is 12.0. The Bertz CT molecular complexity index is 527. The molecule has 1 fully saturated rings. The first-order valence-electron chi connectivity index (χ1n) is 7.47. The summed E-state index contributed by atoms with van der Waals surface area (Å²) in [6.07, 6.45) is 1.96. The molecule has 1 saturated carbocycles. The van der Waals surface area contributed by atoms with Gasteiger partial charge in [0.25, 0.3) is 0 Å². The second kappa shape index (κ2) is 7.61. The molecule has 0 aromatic heterocycles. The van der Waals surface area contributed by atoms with Gasteiger partial charge in [-0.2, -0.15) is 0 Å². The zero-order chi connectivity index (χ0) is 16.1. The van der Waals surface area contributed by atoms with Gasteiger partial charge in [0, 0.05) is 17.1 Å². The van der Waals surface area contributed by atoms with E-state index in [1.54, 1.807) is 12.1 Å². The van der Waals surface area contributed by atoms with Crippen molar-refractivity contribution >= 4 is 23.5 Å². The third kappa shape index (κ3) is 4.71.